The molecular weight excluding hydrogens is 278 g/mol. The summed E-state index contributed by atoms with van der Waals surface area (Å²) in [7, 11) is 0. The number of halogens is 1. The molecule has 1 aromatic heterocycles. The number of urea groups is 1. The number of hydrogen-bond donors (Lipinski definition) is 1. The van der Waals surface area contributed by atoms with Gasteiger partial charge >= 0.3 is 6.03 Å². The molecule has 3 rings (SSSR count). The lowest BCUT2D eigenvalue weighted by Gasteiger charge is -2.37. The Morgan fingerprint density at radius 1 is 1.40 bits per heavy atom. The second-order valence-electron chi connectivity index (χ2n) is 5.54. The molecule has 1 atom stereocenters. The highest BCUT2D eigenvalue weighted by Gasteiger charge is 2.35. The van der Waals surface area contributed by atoms with Gasteiger partial charge in [0, 0.05) is 38.2 Å². The van der Waals surface area contributed by atoms with E-state index in [0.717, 1.165) is 31.3 Å². The number of fused-ring (bicyclic) bond motifs is 1. The summed E-state index contributed by atoms with van der Waals surface area (Å²) < 4.78 is 0. The third kappa shape index (κ3) is 2.40. The zero-order valence-corrected chi connectivity index (χ0v) is 12.4. The summed E-state index contributed by atoms with van der Waals surface area (Å²) in [5, 5.41) is 3.35. The van der Waals surface area contributed by atoms with E-state index in [9.17, 15) is 4.79 Å². The van der Waals surface area contributed by atoms with Crippen LogP contribution in [-0.4, -0.2) is 53.1 Å². The van der Waals surface area contributed by atoms with Gasteiger partial charge in [-0.25, -0.2) is 14.8 Å². The second kappa shape index (κ2) is 5.09. The van der Waals surface area contributed by atoms with Gasteiger partial charge < -0.3 is 15.1 Å². The van der Waals surface area contributed by atoms with Crippen molar-refractivity contribution in [2.45, 2.75) is 25.8 Å². The van der Waals surface area contributed by atoms with Crippen molar-refractivity contribution in [3.63, 3.8) is 0 Å². The van der Waals surface area contributed by atoms with E-state index in [2.05, 4.69) is 20.2 Å². The number of carbonyl (C=O) groups is 1. The molecule has 1 N–H and O–H groups in total. The molecule has 0 saturated carbocycles. The highest BCUT2D eigenvalue weighted by Crippen LogP contribution is 2.23. The van der Waals surface area contributed by atoms with Gasteiger partial charge in [-0.05, 0) is 0 Å². The van der Waals surface area contributed by atoms with Crippen LogP contribution in [0.15, 0.2) is 6.07 Å². The molecule has 2 aliphatic rings. The van der Waals surface area contributed by atoms with E-state index in [4.69, 9.17) is 11.6 Å². The molecule has 0 spiro atoms. The molecule has 2 fully saturated rings. The molecule has 1 unspecified atom stereocenters. The van der Waals surface area contributed by atoms with E-state index in [1.54, 1.807) is 6.07 Å². The van der Waals surface area contributed by atoms with E-state index in [-0.39, 0.29) is 18.0 Å². The summed E-state index contributed by atoms with van der Waals surface area (Å²) in [6.45, 7) is 7.07. The minimum Gasteiger partial charge on any atom is -0.353 e. The zero-order chi connectivity index (χ0) is 14.3. The fourth-order valence-corrected chi connectivity index (χ4v) is 2.84. The predicted molar refractivity (Wildman–Crippen MR) is 77.2 cm³/mol. The Kier molecular flexibility index (Phi) is 3.41. The van der Waals surface area contributed by atoms with Gasteiger partial charge in [0.1, 0.15) is 16.8 Å². The molecule has 2 amide bonds. The molecule has 0 bridgehead atoms. The van der Waals surface area contributed by atoms with Gasteiger partial charge in [-0.2, -0.15) is 0 Å². The van der Waals surface area contributed by atoms with Gasteiger partial charge in [-0.3, -0.25) is 0 Å². The lowest BCUT2D eigenvalue weighted by atomic mass is 10.2. The zero-order valence-electron chi connectivity index (χ0n) is 11.6. The highest BCUT2D eigenvalue weighted by molar-refractivity contribution is 6.29. The number of piperazine rings is 1. The van der Waals surface area contributed by atoms with Crippen LogP contribution in [0, 0.1) is 0 Å². The SMILES string of the molecule is CC(C)c1nc(Cl)cc(N2CCN3C(=O)NCC3C2)n1. The third-order valence-electron chi connectivity index (χ3n) is 3.77. The van der Waals surface area contributed by atoms with Gasteiger partial charge in [-0.1, -0.05) is 25.4 Å². The van der Waals surface area contributed by atoms with E-state index >= 15 is 0 Å². The van der Waals surface area contributed by atoms with E-state index < -0.39 is 0 Å². The quantitative estimate of drug-likeness (QED) is 0.839. The molecule has 7 heteroatoms. The van der Waals surface area contributed by atoms with Crippen LogP contribution in [0.3, 0.4) is 0 Å². The molecule has 6 nitrogen and oxygen atoms in total. The maximum atomic E-state index is 11.6. The van der Waals surface area contributed by atoms with Crippen molar-refractivity contribution in [1.29, 1.82) is 0 Å². The lowest BCUT2D eigenvalue weighted by molar-refractivity contribution is 0.197. The van der Waals surface area contributed by atoms with Crippen molar-refractivity contribution in [2.75, 3.05) is 31.1 Å². The van der Waals surface area contributed by atoms with Crippen LogP contribution < -0.4 is 10.2 Å². The minimum atomic E-state index is 0.0400. The highest BCUT2D eigenvalue weighted by atomic mass is 35.5. The first-order chi connectivity index (χ1) is 9.54. The summed E-state index contributed by atoms with van der Waals surface area (Å²) in [5.41, 5.74) is 0. The molecule has 3 heterocycles. The van der Waals surface area contributed by atoms with Gasteiger partial charge in [0.25, 0.3) is 0 Å². The predicted octanol–water partition coefficient (Wildman–Crippen LogP) is 1.47. The fraction of sp³-hybridized carbons (Fsp3) is 0.615. The molecule has 1 aromatic rings. The summed E-state index contributed by atoms with van der Waals surface area (Å²) in [6, 6.07) is 2.05. The molecule has 20 heavy (non-hydrogen) atoms. The first-order valence-corrected chi connectivity index (χ1v) is 7.26. The topological polar surface area (TPSA) is 61.4 Å². The van der Waals surface area contributed by atoms with Gasteiger partial charge in [0.05, 0.1) is 6.04 Å². The van der Waals surface area contributed by atoms with Crippen LogP contribution >= 0.6 is 11.6 Å². The number of aromatic nitrogens is 2. The molecular formula is C13H18ClN5O. The Labute approximate surface area is 123 Å². The summed E-state index contributed by atoms with van der Waals surface area (Å²) in [6.07, 6.45) is 0. The van der Waals surface area contributed by atoms with Crippen LogP contribution in [0.1, 0.15) is 25.6 Å². The molecule has 108 valence electrons. The number of carbonyl (C=O) groups excluding carboxylic acids is 1. The second-order valence-corrected chi connectivity index (χ2v) is 5.93. The fourth-order valence-electron chi connectivity index (χ4n) is 2.66. The first kappa shape index (κ1) is 13.4. The van der Waals surface area contributed by atoms with Gasteiger partial charge in [0.15, 0.2) is 0 Å². The standard InChI is InChI=1S/C13H18ClN5O/c1-8(2)12-16-10(14)5-11(17-12)18-3-4-19-9(7-18)6-15-13(19)20/h5,8-9H,3-4,6-7H2,1-2H3,(H,15,20). The first-order valence-electron chi connectivity index (χ1n) is 6.88. The van der Waals surface area contributed by atoms with Crippen molar-refractivity contribution in [1.82, 2.24) is 20.2 Å². The van der Waals surface area contributed by atoms with Crippen LogP contribution in [0.4, 0.5) is 10.6 Å². The van der Waals surface area contributed by atoms with Gasteiger partial charge in [-0.15, -0.1) is 0 Å². The molecule has 2 aliphatic heterocycles. The van der Waals surface area contributed by atoms with E-state index in [1.165, 1.54) is 0 Å². The van der Waals surface area contributed by atoms with E-state index in [1.807, 2.05) is 18.7 Å². The minimum absolute atomic E-state index is 0.0400. The number of nitrogens with zero attached hydrogens (tertiary/aromatic N) is 4. The Balaban J connectivity index is 1.82. The molecule has 2 saturated heterocycles. The Morgan fingerprint density at radius 3 is 2.95 bits per heavy atom. The lowest BCUT2D eigenvalue weighted by Crippen LogP contribution is -2.52. The number of rotatable bonds is 2. The number of amides is 2. The van der Waals surface area contributed by atoms with Crippen LogP contribution in [0.5, 0.6) is 0 Å². The van der Waals surface area contributed by atoms with Crippen LogP contribution in [0.2, 0.25) is 5.15 Å². The molecule has 0 aliphatic carbocycles. The smallest absolute Gasteiger partial charge is 0.317 e. The van der Waals surface area contributed by atoms with Crippen molar-refractivity contribution in [2.24, 2.45) is 0 Å². The molecule has 0 aromatic carbocycles. The summed E-state index contributed by atoms with van der Waals surface area (Å²) in [5.74, 6) is 1.85. The van der Waals surface area contributed by atoms with Gasteiger partial charge in [0.2, 0.25) is 0 Å². The van der Waals surface area contributed by atoms with Crippen molar-refractivity contribution in [3.05, 3.63) is 17.0 Å². The maximum Gasteiger partial charge on any atom is 0.317 e. The third-order valence-corrected chi connectivity index (χ3v) is 3.97. The number of nitrogens with one attached hydrogen (secondary N) is 1. The normalized spacial score (nSPS) is 22.2. The monoisotopic (exact) mass is 295 g/mol. The van der Waals surface area contributed by atoms with Crippen LogP contribution in [0.25, 0.3) is 0 Å². The Hall–Kier alpha value is -1.56. The van der Waals surface area contributed by atoms with Crippen molar-refractivity contribution in [3.8, 4) is 0 Å². The average molecular weight is 296 g/mol. The average Bonchev–Trinajstić information content (AvgIpc) is 2.79. The van der Waals surface area contributed by atoms with E-state index in [0.29, 0.717) is 11.7 Å². The largest absolute Gasteiger partial charge is 0.353 e. The Bertz CT molecular complexity index is 535. The molecule has 0 radical (unpaired) electrons. The van der Waals surface area contributed by atoms with Crippen molar-refractivity contribution < 1.29 is 4.79 Å². The Morgan fingerprint density at radius 2 is 2.20 bits per heavy atom. The maximum absolute atomic E-state index is 11.6. The van der Waals surface area contributed by atoms with Crippen molar-refractivity contribution >= 4 is 23.4 Å². The number of anilines is 1. The van der Waals surface area contributed by atoms with Crippen LogP contribution in [-0.2, 0) is 0 Å². The summed E-state index contributed by atoms with van der Waals surface area (Å²) >= 11 is 6.09. The number of hydrogen-bond acceptors (Lipinski definition) is 4. The summed E-state index contributed by atoms with van der Waals surface area (Å²) in [4.78, 5) is 24.5.